The normalized spacial score (nSPS) is 12.7. The summed E-state index contributed by atoms with van der Waals surface area (Å²) in [5.74, 6) is 0. The lowest BCUT2D eigenvalue weighted by Gasteiger charge is -2.13. The van der Waals surface area contributed by atoms with Crippen molar-refractivity contribution in [3.8, 4) is 0 Å². The minimum Gasteiger partial charge on any atom is -0.384 e. The van der Waals surface area contributed by atoms with Crippen molar-refractivity contribution in [3.63, 3.8) is 0 Å². The number of aliphatic hydroxyl groups is 1. The lowest BCUT2D eigenvalue weighted by molar-refractivity contribution is 0.150. The van der Waals surface area contributed by atoms with Crippen LogP contribution in [0.15, 0.2) is 48.5 Å². The molecule has 0 aromatic heterocycles. The number of rotatable bonds is 3. The van der Waals surface area contributed by atoms with E-state index in [2.05, 4.69) is 0 Å². The van der Waals surface area contributed by atoms with Crippen molar-refractivity contribution < 1.29 is 13.9 Å². The summed E-state index contributed by atoms with van der Waals surface area (Å²) >= 11 is 5.83. The summed E-state index contributed by atoms with van der Waals surface area (Å²) < 4.78 is 25.1. The van der Waals surface area contributed by atoms with Crippen LogP contribution in [0.4, 0.5) is 8.78 Å². The zero-order valence-electron chi connectivity index (χ0n) is 9.35. The van der Waals surface area contributed by atoms with Gasteiger partial charge in [-0.05, 0) is 29.3 Å². The minimum absolute atomic E-state index is 0.103. The largest absolute Gasteiger partial charge is 0.384 e. The van der Waals surface area contributed by atoms with Crippen LogP contribution in [0.25, 0.3) is 0 Å². The molecule has 0 spiro atoms. The van der Waals surface area contributed by atoms with Gasteiger partial charge >= 0.3 is 0 Å². The molecule has 0 fully saturated rings. The maximum atomic E-state index is 12.6. The first-order valence-electron chi connectivity index (χ1n) is 5.39. The highest BCUT2D eigenvalue weighted by Gasteiger charge is 2.13. The van der Waals surface area contributed by atoms with E-state index >= 15 is 0 Å². The molecule has 0 aliphatic heterocycles. The number of alkyl halides is 2. The summed E-state index contributed by atoms with van der Waals surface area (Å²) in [5.41, 5.74) is 0.901. The van der Waals surface area contributed by atoms with Gasteiger partial charge in [0.25, 0.3) is 6.43 Å². The molecule has 1 N–H and O–H groups in total. The molecule has 0 radical (unpaired) electrons. The van der Waals surface area contributed by atoms with Crippen molar-refractivity contribution >= 4 is 11.6 Å². The molecule has 2 aromatic carbocycles. The fourth-order valence-corrected chi connectivity index (χ4v) is 1.93. The Morgan fingerprint density at radius 3 is 2.06 bits per heavy atom. The van der Waals surface area contributed by atoms with Crippen LogP contribution >= 0.6 is 11.6 Å². The molecule has 18 heavy (non-hydrogen) atoms. The molecule has 1 nitrogen and oxygen atoms in total. The SMILES string of the molecule is OC(c1cccc(Cl)c1)c1cccc(C(F)F)c1. The van der Waals surface area contributed by atoms with Gasteiger partial charge < -0.3 is 5.11 Å². The molecule has 2 rings (SSSR count). The maximum Gasteiger partial charge on any atom is 0.263 e. The Morgan fingerprint density at radius 2 is 1.44 bits per heavy atom. The molecule has 1 atom stereocenters. The average Bonchev–Trinajstić information content (AvgIpc) is 2.38. The smallest absolute Gasteiger partial charge is 0.263 e. The van der Waals surface area contributed by atoms with Gasteiger partial charge in [-0.15, -0.1) is 0 Å². The van der Waals surface area contributed by atoms with Gasteiger partial charge in [0.2, 0.25) is 0 Å². The van der Waals surface area contributed by atoms with Crippen molar-refractivity contribution in [2.24, 2.45) is 0 Å². The second-order valence-electron chi connectivity index (χ2n) is 3.93. The van der Waals surface area contributed by atoms with Crippen LogP contribution in [0.3, 0.4) is 0 Å². The third-order valence-electron chi connectivity index (χ3n) is 2.64. The highest BCUT2D eigenvalue weighted by Crippen LogP contribution is 2.27. The van der Waals surface area contributed by atoms with Crippen molar-refractivity contribution in [2.75, 3.05) is 0 Å². The van der Waals surface area contributed by atoms with Crippen molar-refractivity contribution in [1.29, 1.82) is 0 Å². The first kappa shape index (κ1) is 13.0. The summed E-state index contributed by atoms with van der Waals surface area (Å²) in [6, 6.07) is 12.5. The Kier molecular flexibility index (Phi) is 3.94. The van der Waals surface area contributed by atoms with Crippen LogP contribution in [-0.2, 0) is 0 Å². The van der Waals surface area contributed by atoms with Crippen LogP contribution in [0, 0.1) is 0 Å². The zero-order valence-corrected chi connectivity index (χ0v) is 10.1. The Bertz CT molecular complexity index is 543. The standard InChI is InChI=1S/C14H11ClF2O/c15-12-6-2-4-10(8-12)13(18)9-3-1-5-11(7-9)14(16)17/h1-8,13-14,18H. The third kappa shape index (κ3) is 2.86. The van der Waals surface area contributed by atoms with Gasteiger partial charge in [0.05, 0.1) is 0 Å². The molecule has 0 aliphatic rings. The Labute approximate surface area is 109 Å². The first-order chi connectivity index (χ1) is 8.58. The topological polar surface area (TPSA) is 20.2 Å². The van der Waals surface area contributed by atoms with E-state index in [1.807, 2.05) is 0 Å². The minimum atomic E-state index is -2.54. The monoisotopic (exact) mass is 268 g/mol. The Morgan fingerprint density at radius 1 is 0.889 bits per heavy atom. The third-order valence-corrected chi connectivity index (χ3v) is 2.88. The zero-order chi connectivity index (χ0) is 13.1. The van der Waals surface area contributed by atoms with Gasteiger partial charge in [-0.3, -0.25) is 0 Å². The molecule has 1 unspecified atom stereocenters. The summed E-state index contributed by atoms with van der Waals surface area (Å²) in [4.78, 5) is 0. The summed E-state index contributed by atoms with van der Waals surface area (Å²) in [6.45, 7) is 0. The number of aliphatic hydroxyl groups excluding tert-OH is 1. The van der Waals surface area contributed by atoms with Crippen molar-refractivity contribution in [3.05, 3.63) is 70.2 Å². The predicted molar refractivity (Wildman–Crippen MR) is 66.9 cm³/mol. The molecular formula is C14H11ClF2O. The highest BCUT2D eigenvalue weighted by molar-refractivity contribution is 6.30. The second-order valence-corrected chi connectivity index (χ2v) is 4.36. The first-order valence-corrected chi connectivity index (χ1v) is 5.77. The quantitative estimate of drug-likeness (QED) is 0.877. The van der Waals surface area contributed by atoms with Crippen LogP contribution in [0.1, 0.15) is 29.2 Å². The molecule has 0 saturated carbocycles. The predicted octanol–water partition coefficient (Wildman–Crippen LogP) is 4.36. The van der Waals surface area contributed by atoms with E-state index in [0.29, 0.717) is 16.1 Å². The highest BCUT2D eigenvalue weighted by atomic mass is 35.5. The fraction of sp³-hybridized carbons (Fsp3) is 0.143. The van der Waals surface area contributed by atoms with E-state index in [1.54, 1.807) is 30.3 Å². The lowest BCUT2D eigenvalue weighted by Crippen LogP contribution is -2.00. The van der Waals surface area contributed by atoms with Gasteiger partial charge in [-0.25, -0.2) is 8.78 Å². The second kappa shape index (κ2) is 5.46. The molecule has 0 aliphatic carbocycles. The van der Waals surface area contributed by atoms with E-state index in [9.17, 15) is 13.9 Å². The molecule has 0 saturated heterocycles. The number of benzene rings is 2. The lowest BCUT2D eigenvalue weighted by atomic mass is 10.00. The Balaban J connectivity index is 2.33. The fourth-order valence-electron chi connectivity index (χ4n) is 1.73. The maximum absolute atomic E-state index is 12.6. The van der Waals surface area contributed by atoms with Gasteiger partial charge in [-0.2, -0.15) is 0 Å². The number of hydrogen-bond donors (Lipinski definition) is 1. The van der Waals surface area contributed by atoms with Crippen LogP contribution in [0.5, 0.6) is 0 Å². The van der Waals surface area contributed by atoms with Gasteiger partial charge in [0.15, 0.2) is 0 Å². The van der Waals surface area contributed by atoms with E-state index in [-0.39, 0.29) is 5.56 Å². The molecule has 0 bridgehead atoms. The van der Waals surface area contributed by atoms with Crippen molar-refractivity contribution in [2.45, 2.75) is 12.5 Å². The van der Waals surface area contributed by atoms with Crippen LogP contribution in [0.2, 0.25) is 5.02 Å². The van der Waals surface area contributed by atoms with Crippen molar-refractivity contribution in [1.82, 2.24) is 0 Å². The summed E-state index contributed by atoms with van der Waals surface area (Å²) in [7, 11) is 0. The summed E-state index contributed by atoms with van der Waals surface area (Å²) in [5, 5.41) is 10.6. The molecule has 94 valence electrons. The van der Waals surface area contributed by atoms with Gasteiger partial charge in [0, 0.05) is 10.6 Å². The van der Waals surface area contributed by atoms with E-state index in [0.717, 1.165) is 0 Å². The number of hydrogen-bond acceptors (Lipinski definition) is 1. The average molecular weight is 269 g/mol. The Hall–Kier alpha value is -1.45. The summed E-state index contributed by atoms with van der Waals surface area (Å²) in [6.07, 6.45) is -3.50. The molecule has 0 heterocycles. The molecule has 0 amide bonds. The molecular weight excluding hydrogens is 258 g/mol. The van der Waals surface area contributed by atoms with Crippen LogP contribution in [-0.4, -0.2) is 5.11 Å². The number of halogens is 3. The van der Waals surface area contributed by atoms with E-state index in [4.69, 9.17) is 11.6 Å². The van der Waals surface area contributed by atoms with Gasteiger partial charge in [0.1, 0.15) is 6.10 Å². The van der Waals surface area contributed by atoms with Gasteiger partial charge in [-0.1, -0.05) is 41.9 Å². The van der Waals surface area contributed by atoms with Crippen LogP contribution < -0.4 is 0 Å². The van der Waals surface area contributed by atoms with E-state index in [1.165, 1.54) is 18.2 Å². The van der Waals surface area contributed by atoms with E-state index < -0.39 is 12.5 Å². The molecule has 4 heteroatoms. The molecule has 2 aromatic rings.